The van der Waals surface area contributed by atoms with Crippen molar-refractivity contribution in [1.82, 2.24) is 14.5 Å². The summed E-state index contributed by atoms with van der Waals surface area (Å²) in [5.41, 5.74) is 0.953. The molecule has 0 saturated carbocycles. The van der Waals surface area contributed by atoms with E-state index in [1.807, 2.05) is 0 Å². The van der Waals surface area contributed by atoms with Gasteiger partial charge in [0, 0.05) is 18.8 Å². The SMILES string of the molecule is O=C(O)[C@H]1CCN(C(=O)c2cncn2-c2ccc(F)cc2)C1. The fourth-order valence-electron chi connectivity index (χ4n) is 2.57. The Hall–Kier alpha value is -2.70. The first-order chi connectivity index (χ1) is 10.6. The second-order valence-electron chi connectivity index (χ2n) is 5.20. The zero-order valence-electron chi connectivity index (χ0n) is 11.6. The Morgan fingerprint density at radius 1 is 1.27 bits per heavy atom. The molecule has 0 spiro atoms. The van der Waals surface area contributed by atoms with Crippen molar-refractivity contribution in [3.05, 3.63) is 48.3 Å². The van der Waals surface area contributed by atoms with Crippen molar-refractivity contribution in [3.63, 3.8) is 0 Å². The van der Waals surface area contributed by atoms with Crippen LogP contribution in [0.1, 0.15) is 16.9 Å². The van der Waals surface area contributed by atoms with E-state index in [-0.39, 0.29) is 18.3 Å². The van der Waals surface area contributed by atoms with Gasteiger partial charge in [-0.25, -0.2) is 9.37 Å². The van der Waals surface area contributed by atoms with Gasteiger partial charge in [0.05, 0.1) is 18.4 Å². The molecule has 2 aromatic rings. The van der Waals surface area contributed by atoms with Gasteiger partial charge in [-0.05, 0) is 30.7 Å². The quantitative estimate of drug-likeness (QED) is 0.933. The molecule has 114 valence electrons. The van der Waals surface area contributed by atoms with E-state index >= 15 is 0 Å². The Labute approximate surface area is 125 Å². The predicted molar refractivity (Wildman–Crippen MR) is 75.2 cm³/mol. The maximum Gasteiger partial charge on any atom is 0.308 e. The minimum Gasteiger partial charge on any atom is -0.481 e. The van der Waals surface area contributed by atoms with E-state index in [2.05, 4.69) is 4.98 Å². The van der Waals surface area contributed by atoms with E-state index in [9.17, 15) is 14.0 Å². The number of hydrogen-bond acceptors (Lipinski definition) is 3. The Kier molecular flexibility index (Phi) is 3.62. The molecule has 1 fully saturated rings. The highest BCUT2D eigenvalue weighted by molar-refractivity contribution is 5.93. The Morgan fingerprint density at radius 3 is 2.64 bits per heavy atom. The number of carboxylic acids is 1. The number of rotatable bonds is 3. The second-order valence-corrected chi connectivity index (χ2v) is 5.20. The van der Waals surface area contributed by atoms with Gasteiger partial charge in [0.1, 0.15) is 11.5 Å². The molecule has 1 amide bonds. The minimum atomic E-state index is -0.887. The normalized spacial score (nSPS) is 17.7. The number of amides is 1. The number of nitrogens with zero attached hydrogens (tertiary/aromatic N) is 3. The van der Waals surface area contributed by atoms with Gasteiger partial charge in [-0.1, -0.05) is 0 Å². The third-order valence-corrected chi connectivity index (χ3v) is 3.79. The molecule has 2 heterocycles. The number of hydrogen-bond donors (Lipinski definition) is 1. The van der Waals surface area contributed by atoms with E-state index in [4.69, 9.17) is 5.11 Å². The molecular formula is C15H14FN3O3. The number of likely N-dealkylation sites (tertiary alicyclic amines) is 1. The van der Waals surface area contributed by atoms with Crippen molar-refractivity contribution in [2.45, 2.75) is 6.42 Å². The Balaban J connectivity index is 1.84. The third-order valence-electron chi connectivity index (χ3n) is 3.79. The van der Waals surface area contributed by atoms with E-state index < -0.39 is 11.9 Å². The lowest BCUT2D eigenvalue weighted by Gasteiger charge is -2.16. The summed E-state index contributed by atoms with van der Waals surface area (Å²) in [6, 6.07) is 5.72. The van der Waals surface area contributed by atoms with Crippen LogP contribution in [0, 0.1) is 11.7 Å². The van der Waals surface area contributed by atoms with Gasteiger partial charge in [-0.3, -0.25) is 14.2 Å². The van der Waals surface area contributed by atoms with E-state index in [1.54, 1.807) is 16.7 Å². The lowest BCUT2D eigenvalue weighted by molar-refractivity contribution is -0.141. The van der Waals surface area contributed by atoms with Gasteiger partial charge in [0.2, 0.25) is 0 Å². The van der Waals surface area contributed by atoms with E-state index in [0.717, 1.165) is 0 Å². The van der Waals surface area contributed by atoms with Crippen LogP contribution in [0.25, 0.3) is 5.69 Å². The van der Waals surface area contributed by atoms with Crippen molar-refractivity contribution in [1.29, 1.82) is 0 Å². The summed E-state index contributed by atoms with van der Waals surface area (Å²) >= 11 is 0. The lowest BCUT2D eigenvalue weighted by atomic mass is 10.1. The average Bonchev–Trinajstić information content (AvgIpc) is 3.17. The molecule has 0 radical (unpaired) electrons. The Morgan fingerprint density at radius 2 is 2.00 bits per heavy atom. The molecule has 22 heavy (non-hydrogen) atoms. The summed E-state index contributed by atoms with van der Waals surface area (Å²) in [7, 11) is 0. The first kappa shape index (κ1) is 14.2. The number of carbonyl (C=O) groups is 2. The molecule has 1 aliphatic heterocycles. The molecule has 1 aromatic carbocycles. The molecular weight excluding hydrogens is 289 g/mol. The van der Waals surface area contributed by atoms with Gasteiger partial charge >= 0.3 is 5.97 Å². The largest absolute Gasteiger partial charge is 0.481 e. The molecule has 7 heteroatoms. The lowest BCUT2D eigenvalue weighted by Crippen LogP contribution is -2.31. The Bertz CT molecular complexity index is 711. The minimum absolute atomic E-state index is 0.197. The van der Waals surface area contributed by atoms with Crippen LogP contribution in [-0.4, -0.2) is 44.5 Å². The topological polar surface area (TPSA) is 75.4 Å². The molecule has 0 bridgehead atoms. The molecule has 1 atom stereocenters. The van der Waals surface area contributed by atoms with Gasteiger partial charge in [-0.2, -0.15) is 0 Å². The fourth-order valence-corrected chi connectivity index (χ4v) is 2.57. The maximum atomic E-state index is 13.0. The summed E-state index contributed by atoms with van der Waals surface area (Å²) in [6.45, 7) is 0.604. The number of aliphatic carboxylic acids is 1. The number of aromatic nitrogens is 2. The number of halogens is 1. The molecule has 6 nitrogen and oxygen atoms in total. The molecule has 0 unspecified atom stereocenters. The van der Waals surface area contributed by atoms with Crippen molar-refractivity contribution >= 4 is 11.9 Å². The first-order valence-corrected chi connectivity index (χ1v) is 6.86. The monoisotopic (exact) mass is 303 g/mol. The average molecular weight is 303 g/mol. The highest BCUT2D eigenvalue weighted by Gasteiger charge is 2.32. The molecule has 0 aliphatic carbocycles. The number of carboxylic acid groups (broad SMARTS) is 1. The van der Waals surface area contributed by atoms with Gasteiger partial charge in [0.25, 0.3) is 5.91 Å². The van der Waals surface area contributed by atoms with Crippen LogP contribution >= 0.6 is 0 Å². The van der Waals surface area contributed by atoms with E-state index in [0.29, 0.717) is 24.3 Å². The van der Waals surface area contributed by atoms with Crippen molar-refractivity contribution in [2.75, 3.05) is 13.1 Å². The second kappa shape index (κ2) is 5.59. The van der Waals surface area contributed by atoms with E-state index in [1.165, 1.54) is 29.6 Å². The van der Waals surface area contributed by atoms with Gasteiger partial charge < -0.3 is 10.0 Å². The smallest absolute Gasteiger partial charge is 0.308 e. The molecule has 1 aliphatic rings. The van der Waals surface area contributed by atoms with Crippen LogP contribution in [0.3, 0.4) is 0 Å². The van der Waals surface area contributed by atoms with Crippen LogP contribution in [0.15, 0.2) is 36.8 Å². The van der Waals surface area contributed by atoms with Crippen LogP contribution < -0.4 is 0 Å². The van der Waals surface area contributed by atoms with Crippen LogP contribution in [0.4, 0.5) is 4.39 Å². The zero-order chi connectivity index (χ0) is 15.7. The highest BCUT2D eigenvalue weighted by Crippen LogP contribution is 2.20. The first-order valence-electron chi connectivity index (χ1n) is 6.86. The zero-order valence-corrected chi connectivity index (χ0v) is 11.6. The maximum absolute atomic E-state index is 13.0. The number of carbonyl (C=O) groups excluding carboxylic acids is 1. The van der Waals surface area contributed by atoms with Crippen LogP contribution in [0.5, 0.6) is 0 Å². The standard InChI is InChI=1S/C15H14FN3O3/c16-11-1-3-12(4-2-11)19-9-17-7-13(19)14(20)18-6-5-10(8-18)15(21)22/h1-4,7,9-10H,5-6,8H2,(H,21,22)/t10-/m0/s1. The molecule has 1 aromatic heterocycles. The van der Waals surface area contributed by atoms with Crippen LogP contribution in [0.2, 0.25) is 0 Å². The number of imidazole rings is 1. The summed E-state index contributed by atoms with van der Waals surface area (Å²) in [5, 5.41) is 9.01. The summed E-state index contributed by atoms with van der Waals surface area (Å²) in [6.07, 6.45) is 3.36. The van der Waals surface area contributed by atoms with Gasteiger partial charge in [-0.15, -0.1) is 0 Å². The van der Waals surface area contributed by atoms with Crippen molar-refractivity contribution in [3.8, 4) is 5.69 Å². The third kappa shape index (κ3) is 2.57. The number of benzene rings is 1. The highest BCUT2D eigenvalue weighted by atomic mass is 19.1. The van der Waals surface area contributed by atoms with Crippen molar-refractivity contribution in [2.24, 2.45) is 5.92 Å². The summed E-state index contributed by atoms with van der Waals surface area (Å²) in [4.78, 5) is 29.0. The van der Waals surface area contributed by atoms with Crippen molar-refractivity contribution < 1.29 is 19.1 Å². The summed E-state index contributed by atoms with van der Waals surface area (Å²) < 4.78 is 14.6. The van der Waals surface area contributed by atoms with Crippen LogP contribution in [-0.2, 0) is 4.79 Å². The predicted octanol–water partition coefficient (Wildman–Crippen LogP) is 1.56. The molecule has 1 N–H and O–H groups in total. The van der Waals surface area contributed by atoms with Gasteiger partial charge in [0.15, 0.2) is 0 Å². The summed E-state index contributed by atoms with van der Waals surface area (Å²) in [5.74, 6) is -2.04. The fraction of sp³-hybridized carbons (Fsp3) is 0.267. The molecule has 1 saturated heterocycles. The molecule has 3 rings (SSSR count).